The summed E-state index contributed by atoms with van der Waals surface area (Å²) in [5.74, 6) is -1.19. The fourth-order valence-electron chi connectivity index (χ4n) is 4.80. The van der Waals surface area contributed by atoms with E-state index in [0.717, 1.165) is 19.3 Å². The maximum atomic E-state index is 13.0. The first-order valence-electron chi connectivity index (χ1n) is 12.1. The van der Waals surface area contributed by atoms with Crippen LogP contribution in [0.25, 0.3) is 0 Å². The Morgan fingerprint density at radius 1 is 1.26 bits per heavy atom. The second-order valence-electron chi connectivity index (χ2n) is 9.97. The molecule has 1 aromatic carbocycles. The zero-order chi connectivity index (χ0) is 25.2. The molecule has 0 bridgehead atoms. The van der Waals surface area contributed by atoms with E-state index in [-0.39, 0.29) is 30.7 Å². The molecule has 3 N–H and O–H groups in total. The topological polar surface area (TPSA) is 107 Å². The van der Waals surface area contributed by atoms with Crippen molar-refractivity contribution in [2.45, 2.75) is 97.4 Å². The molecule has 186 valence electrons. The number of benzene rings is 1. The number of carbonyl (C=O) groups is 2. The number of nitrogens with zero attached hydrogens (tertiary/aromatic N) is 1. The molecule has 3 unspecified atom stereocenters. The van der Waals surface area contributed by atoms with Crippen molar-refractivity contribution in [3.05, 3.63) is 46.1 Å². The predicted molar refractivity (Wildman–Crippen MR) is 130 cm³/mol. The van der Waals surface area contributed by atoms with Gasteiger partial charge in [-0.05, 0) is 65.9 Å². The number of amides is 1. The minimum absolute atomic E-state index is 0.108. The van der Waals surface area contributed by atoms with Crippen molar-refractivity contribution in [3.8, 4) is 11.5 Å². The van der Waals surface area contributed by atoms with Crippen molar-refractivity contribution >= 4 is 11.9 Å². The van der Waals surface area contributed by atoms with E-state index in [1.54, 1.807) is 6.92 Å². The third-order valence-electron chi connectivity index (χ3n) is 6.99. The minimum atomic E-state index is -1.06. The van der Waals surface area contributed by atoms with Crippen LogP contribution in [0.2, 0.25) is 0 Å². The van der Waals surface area contributed by atoms with Gasteiger partial charge in [0.15, 0.2) is 0 Å². The molecule has 0 aromatic heterocycles. The average Bonchev–Trinajstić information content (AvgIpc) is 3.06. The molecule has 0 saturated heterocycles. The zero-order valence-electron chi connectivity index (χ0n) is 20.9. The van der Waals surface area contributed by atoms with Gasteiger partial charge >= 0.3 is 5.97 Å². The highest BCUT2D eigenvalue weighted by molar-refractivity contribution is 6.02. The molecule has 1 amide bonds. The van der Waals surface area contributed by atoms with Crippen LogP contribution in [0, 0.1) is 0 Å². The number of phenolic OH excluding ortho intramolecular Hbond substituents is 1. The number of fused-ring (bicyclic) bond motifs is 3. The van der Waals surface area contributed by atoms with Gasteiger partial charge < -0.3 is 25.0 Å². The van der Waals surface area contributed by atoms with Gasteiger partial charge in [0.25, 0.3) is 5.91 Å². The number of rotatable bonds is 9. The van der Waals surface area contributed by atoms with Gasteiger partial charge in [-0.25, -0.2) is 4.79 Å². The lowest BCUT2D eigenvalue weighted by molar-refractivity contribution is -0.142. The summed E-state index contributed by atoms with van der Waals surface area (Å²) in [6.07, 6.45) is 7.34. The molecule has 7 heteroatoms. The number of carboxylic acids is 1. The Balaban J connectivity index is 1.82. The number of hydrogen-bond donors (Lipinski definition) is 3. The molecule has 0 saturated carbocycles. The lowest BCUT2D eigenvalue weighted by Gasteiger charge is -2.41. The number of phenols is 1. The first-order valence-corrected chi connectivity index (χ1v) is 12.1. The maximum absolute atomic E-state index is 13.0. The van der Waals surface area contributed by atoms with E-state index in [1.165, 1.54) is 22.1 Å². The maximum Gasteiger partial charge on any atom is 0.326 e. The Morgan fingerprint density at radius 2 is 1.97 bits per heavy atom. The average molecular weight is 472 g/mol. The number of aliphatic carboxylic acids is 1. The van der Waals surface area contributed by atoms with Gasteiger partial charge in [0.05, 0.1) is 18.2 Å². The van der Waals surface area contributed by atoms with Crippen LogP contribution in [0.4, 0.5) is 0 Å². The monoisotopic (exact) mass is 471 g/mol. The summed E-state index contributed by atoms with van der Waals surface area (Å²) in [7, 11) is 0. The molecular weight excluding hydrogens is 434 g/mol. The van der Waals surface area contributed by atoms with E-state index in [2.05, 4.69) is 32.9 Å². The summed E-state index contributed by atoms with van der Waals surface area (Å²) in [6.45, 7) is 9.96. The molecule has 3 atom stereocenters. The van der Waals surface area contributed by atoms with Crippen molar-refractivity contribution in [3.63, 3.8) is 0 Å². The normalized spacial score (nSPS) is 22.6. The quantitative estimate of drug-likeness (QED) is 0.449. The summed E-state index contributed by atoms with van der Waals surface area (Å²) in [6, 6.07) is 0.431. The summed E-state index contributed by atoms with van der Waals surface area (Å²) >= 11 is 0. The number of aromatic hydroxyl groups is 1. The Kier molecular flexibility index (Phi) is 7.76. The zero-order valence-corrected chi connectivity index (χ0v) is 20.9. The van der Waals surface area contributed by atoms with E-state index in [4.69, 9.17) is 4.74 Å². The van der Waals surface area contributed by atoms with Crippen molar-refractivity contribution in [1.29, 1.82) is 0 Å². The van der Waals surface area contributed by atoms with Crippen molar-refractivity contribution in [2.75, 3.05) is 0 Å². The molecule has 0 radical (unpaired) electrons. The van der Waals surface area contributed by atoms with Crippen LogP contribution < -0.4 is 4.74 Å². The molecule has 34 heavy (non-hydrogen) atoms. The number of carbonyl (C=O) groups excluding carboxylic acids is 1. The predicted octanol–water partition coefficient (Wildman–Crippen LogP) is 4.74. The number of aliphatic hydroxyl groups is 1. The molecule has 7 nitrogen and oxygen atoms in total. The third kappa shape index (κ3) is 5.14. The van der Waals surface area contributed by atoms with Crippen LogP contribution in [-0.2, 0) is 17.8 Å². The first-order chi connectivity index (χ1) is 16.0. The molecule has 2 aliphatic rings. The Bertz CT molecular complexity index is 1020. The van der Waals surface area contributed by atoms with Crippen molar-refractivity contribution in [1.82, 2.24) is 4.90 Å². The summed E-state index contributed by atoms with van der Waals surface area (Å²) in [5.41, 5.74) is 3.02. The van der Waals surface area contributed by atoms with Crippen LogP contribution in [0.15, 0.2) is 29.4 Å². The number of allylic oxidation sites excluding steroid dienone is 4. The first kappa shape index (κ1) is 25.8. The fraction of sp³-hybridized carbons (Fsp3) is 0.556. The molecule has 0 aliphatic carbocycles. The van der Waals surface area contributed by atoms with Gasteiger partial charge in [-0.2, -0.15) is 0 Å². The molecule has 2 heterocycles. The highest BCUT2D eigenvalue weighted by Crippen LogP contribution is 2.46. The Morgan fingerprint density at radius 3 is 2.59 bits per heavy atom. The number of ether oxygens (including phenoxy) is 1. The van der Waals surface area contributed by atoms with Gasteiger partial charge in [-0.15, -0.1) is 0 Å². The molecule has 0 fully saturated rings. The van der Waals surface area contributed by atoms with Gasteiger partial charge in [0, 0.05) is 17.5 Å². The Hall–Kier alpha value is -2.80. The van der Waals surface area contributed by atoms with E-state index in [1.807, 2.05) is 6.92 Å². The van der Waals surface area contributed by atoms with E-state index in [0.29, 0.717) is 23.3 Å². The summed E-state index contributed by atoms with van der Waals surface area (Å²) < 4.78 is 6.35. The van der Waals surface area contributed by atoms with E-state index >= 15 is 0 Å². The minimum Gasteiger partial charge on any atom is -0.508 e. The number of hydrogen-bond acceptors (Lipinski definition) is 5. The van der Waals surface area contributed by atoms with Gasteiger partial charge in [0.1, 0.15) is 23.1 Å². The molecule has 2 aliphatic heterocycles. The van der Waals surface area contributed by atoms with E-state index in [9.17, 15) is 24.9 Å². The fourth-order valence-corrected chi connectivity index (χ4v) is 4.80. The van der Waals surface area contributed by atoms with Gasteiger partial charge in [-0.3, -0.25) is 4.79 Å². The second kappa shape index (κ2) is 10.2. The largest absolute Gasteiger partial charge is 0.508 e. The molecule has 0 spiro atoms. The molecular formula is C27H37NO6. The number of carboxylic acid groups (broad SMARTS) is 1. The lowest BCUT2D eigenvalue weighted by Crippen LogP contribution is -2.49. The molecule has 1 aromatic rings. The lowest BCUT2D eigenvalue weighted by atomic mass is 9.84. The van der Waals surface area contributed by atoms with Gasteiger partial charge in [0.2, 0.25) is 0 Å². The molecule has 3 rings (SSSR count). The number of aliphatic hydroxyl groups excluding tert-OH is 1. The van der Waals surface area contributed by atoms with E-state index < -0.39 is 29.6 Å². The second-order valence-corrected chi connectivity index (χ2v) is 9.97. The smallest absolute Gasteiger partial charge is 0.326 e. The van der Waals surface area contributed by atoms with Crippen LogP contribution >= 0.6 is 0 Å². The summed E-state index contributed by atoms with van der Waals surface area (Å²) in [5, 5.41) is 31.0. The Labute approximate surface area is 201 Å². The van der Waals surface area contributed by atoms with Crippen molar-refractivity contribution in [2.24, 2.45) is 0 Å². The van der Waals surface area contributed by atoms with Crippen LogP contribution in [-0.4, -0.2) is 49.8 Å². The highest BCUT2D eigenvalue weighted by Gasteiger charge is 2.45. The SMILES string of the molecule is CCC(C(=O)O)N1Cc2c(cc(O)c3c2OC(C)(CC/C=C(\C)CCC=C(C)C)C(O)C3)C1=O. The summed E-state index contributed by atoms with van der Waals surface area (Å²) in [4.78, 5) is 26.0. The van der Waals surface area contributed by atoms with Crippen LogP contribution in [0.3, 0.4) is 0 Å². The standard InChI is InChI=1S/C27H37NO6/c1-6-21(26(32)33)28-15-20-18(25(28)31)13-22(29)19-14-23(30)27(5,34-24(19)20)12-8-11-17(4)10-7-9-16(2)3/h9,11,13,21,23,29-30H,6-8,10,12,14-15H2,1-5H3,(H,32,33)/b17-11+. The van der Waals surface area contributed by atoms with Gasteiger partial charge in [-0.1, -0.05) is 30.2 Å². The third-order valence-corrected chi connectivity index (χ3v) is 6.99. The highest BCUT2D eigenvalue weighted by atomic mass is 16.5. The van der Waals surface area contributed by atoms with Crippen LogP contribution in [0.5, 0.6) is 11.5 Å². The van der Waals surface area contributed by atoms with Crippen molar-refractivity contribution < 1.29 is 29.6 Å². The van der Waals surface area contributed by atoms with Crippen LogP contribution in [0.1, 0.15) is 88.2 Å².